The zero-order chi connectivity index (χ0) is 11.6. The Morgan fingerprint density at radius 1 is 1.50 bits per heavy atom. The SMILES string of the molecule is Cl.NCC1CCN(C(=O)C(F)(F)C(F)F)C1. The molecule has 0 aromatic rings. The van der Waals surface area contributed by atoms with Gasteiger partial charge in [0.25, 0.3) is 5.91 Å². The number of hydrogen-bond donors (Lipinski definition) is 1. The van der Waals surface area contributed by atoms with Gasteiger partial charge < -0.3 is 10.6 Å². The highest BCUT2D eigenvalue weighted by molar-refractivity contribution is 5.85. The summed E-state index contributed by atoms with van der Waals surface area (Å²) >= 11 is 0. The van der Waals surface area contributed by atoms with Crippen LogP contribution in [-0.4, -0.2) is 42.8 Å². The number of carbonyl (C=O) groups is 1. The average molecular weight is 265 g/mol. The summed E-state index contributed by atoms with van der Waals surface area (Å²) in [5, 5.41) is 0. The lowest BCUT2D eigenvalue weighted by Crippen LogP contribution is -2.47. The number of carbonyl (C=O) groups excluding carboxylic acids is 1. The van der Waals surface area contributed by atoms with Crippen molar-refractivity contribution < 1.29 is 22.4 Å². The molecule has 1 aliphatic rings. The van der Waals surface area contributed by atoms with Crippen LogP contribution in [0.2, 0.25) is 0 Å². The number of likely N-dealkylation sites (tertiary alicyclic amines) is 1. The molecule has 3 nitrogen and oxygen atoms in total. The summed E-state index contributed by atoms with van der Waals surface area (Å²) in [7, 11) is 0. The fourth-order valence-corrected chi connectivity index (χ4v) is 1.51. The molecule has 1 rings (SSSR count). The smallest absolute Gasteiger partial charge is 0.337 e. The standard InChI is InChI=1S/C8H12F4N2O.ClH/c9-6(10)8(11,12)7(15)14-2-1-5(3-13)4-14;/h5-6H,1-4,13H2;1H. The van der Waals surface area contributed by atoms with Gasteiger partial charge in [-0.15, -0.1) is 12.4 Å². The van der Waals surface area contributed by atoms with Crippen molar-refractivity contribution in [3.63, 3.8) is 0 Å². The van der Waals surface area contributed by atoms with Gasteiger partial charge >= 0.3 is 12.3 Å². The van der Waals surface area contributed by atoms with Crippen molar-refractivity contribution in [2.24, 2.45) is 11.7 Å². The Balaban J connectivity index is 0.00000225. The topological polar surface area (TPSA) is 46.3 Å². The zero-order valence-electron chi connectivity index (χ0n) is 8.34. The van der Waals surface area contributed by atoms with Crippen molar-refractivity contribution in [3.05, 3.63) is 0 Å². The summed E-state index contributed by atoms with van der Waals surface area (Å²) in [6.45, 7) is 0.380. The molecule has 0 spiro atoms. The summed E-state index contributed by atoms with van der Waals surface area (Å²) in [5.74, 6) is -6.44. The molecular formula is C8H13ClF4N2O. The van der Waals surface area contributed by atoms with Crippen LogP contribution in [0.1, 0.15) is 6.42 Å². The van der Waals surface area contributed by atoms with Gasteiger partial charge in [0.05, 0.1) is 0 Å². The van der Waals surface area contributed by atoms with Crippen molar-refractivity contribution in [1.82, 2.24) is 4.90 Å². The van der Waals surface area contributed by atoms with Crippen LogP contribution in [0.3, 0.4) is 0 Å². The molecule has 1 heterocycles. The molecule has 1 fully saturated rings. The monoisotopic (exact) mass is 264 g/mol. The van der Waals surface area contributed by atoms with E-state index < -0.39 is 18.3 Å². The number of hydrogen-bond acceptors (Lipinski definition) is 2. The molecule has 2 N–H and O–H groups in total. The molecule has 1 amide bonds. The highest BCUT2D eigenvalue weighted by atomic mass is 35.5. The minimum atomic E-state index is -4.58. The lowest BCUT2D eigenvalue weighted by Gasteiger charge is -2.22. The molecule has 8 heteroatoms. The Morgan fingerprint density at radius 3 is 2.44 bits per heavy atom. The third-order valence-electron chi connectivity index (χ3n) is 2.47. The van der Waals surface area contributed by atoms with Crippen LogP contribution in [0, 0.1) is 5.92 Å². The predicted octanol–water partition coefficient (Wildman–Crippen LogP) is 1.12. The predicted molar refractivity (Wildman–Crippen MR) is 51.9 cm³/mol. The first-order chi connectivity index (χ1) is 6.89. The van der Waals surface area contributed by atoms with Crippen LogP contribution in [-0.2, 0) is 4.79 Å². The fourth-order valence-electron chi connectivity index (χ4n) is 1.51. The third kappa shape index (κ3) is 2.98. The van der Waals surface area contributed by atoms with E-state index in [0.717, 1.165) is 4.90 Å². The van der Waals surface area contributed by atoms with E-state index in [1.165, 1.54) is 0 Å². The molecule has 0 radical (unpaired) electrons. The highest BCUT2D eigenvalue weighted by Crippen LogP contribution is 2.28. The van der Waals surface area contributed by atoms with Crippen molar-refractivity contribution in [2.45, 2.75) is 18.8 Å². The summed E-state index contributed by atoms with van der Waals surface area (Å²) in [6, 6.07) is 0. The number of amides is 1. The maximum absolute atomic E-state index is 12.7. The lowest BCUT2D eigenvalue weighted by molar-refractivity contribution is -0.179. The van der Waals surface area contributed by atoms with E-state index in [0.29, 0.717) is 6.42 Å². The van der Waals surface area contributed by atoms with Gasteiger partial charge in [-0.05, 0) is 18.9 Å². The lowest BCUT2D eigenvalue weighted by atomic mass is 10.1. The van der Waals surface area contributed by atoms with Crippen LogP contribution in [0.4, 0.5) is 17.6 Å². The molecular weight excluding hydrogens is 252 g/mol. The van der Waals surface area contributed by atoms with Crippen LogP contribution in [0.5, 0.6) is 0 Å². The highest BCUT2D eigenvalue weighted by Gasteiger charge is 2.51. The van der Waals surface area contributed by atoms with E-state index in [2.05, 4.69) is 0 Å². The number of nitrogens with two attached hydrogens (primary N) is 1. The molecule has 16 heavy (non-hydrogen) atoms. The van der Waals surface area contributed by atoms with E-state index in [4.69, 9.17) is 5.73 Å². The molecule has 0 aliphatic carbocycles. The number of rotatable bonds is 3. The van der Waals surface area contributed by atoms with Gasteiger partial charge in [0.1, 0.15) is 0 Å². The van der Waals surface area contributed by atoms with Gasteiger partial charge in [-0.2, -0.15) is 8.78 Å². The minimum absolute atomic E-state index is 0. The molecule has 0 saturated carbocycles. The van der Waals surface area contributed by atoms with E-state index in [1.54, 1.807) is 0 Å². The molecule has 0 aromatic heterocycles. The Hall–Kier alpha value is -0.560. The largest absolute Gasteiger partial charge is 0.383 e. The summed E-state index contributed by atoms with van der Waals surface area (Å²) in [4.78, 5) is 11.8. The quantitative estimate of drug-likeness (QED) is 0.777. The van der Waals surface area contributed by atoms with Gasteiger partial charge in [0.15, 0.2) is 0 Å². The first-order valence-electron chi connectivity index (χ1n) is 4.55. The second kappa shape index (κ2) is 5.67. The van der Waals surface area contributed by atoms with Crippen LogP contribution in [0.25, 0.3) is 0 Å². The maximum Gasteiger partial charge on any atom is 0.383 e. The number of halogens is 5. The number of nitrogens with zero attached hydrogens (tertiary/aromatic N) is 1. The van der Waals surface area contributed by atoms with Gasteiger partial charge in [0, 0.05) is 13.1 Å². The first-order valence-corrected chi connectivity index (χ1v) is 4.55. The van der Waals surface area contributed by atoms with Gasteiger partial charge in [-0.1, -0.05) is 0 Å². The summed E-state index contributed by atoms with van der Waals surface area (Å²) in [6.07, 6.45) is -3.47. The Morgan fingerprint density at radius 2 is 2.06 bits per heavy atom. The minimum Gasteiger partial charge on any atom is -0.337 e. The molecule has 96 valence electrons. The van der Waals surface area contributed by atoms with Crippen molar-refractivity contribution in [1.29, 1.82) is 0 Å². The van der Waals surface area contributed by atoms with Crippen LogP contribution >= 0.6 is 12.4 Å². The van der Waals surface area contributed by atoms with Crippen molar-refractivity contribution in [2.75, 3.05) is 19.6 Å². The summed E-state index contributed by atoms with van der Waals surface area (Å²) < 4.78 is 49.0. The van der Waals surface area contributed by atoms with Crippen molar-refractivity contribution >= 4 is 18.3 Å². The molecule has 1 unspecified atom stereocenters. The maximum atomic E-state index is 12.7. The van der Waals surface area contributed by atoms with E-state index in [-0.39, 0.29) is 38.0 Å². The normalized spacial score (nSPS) is 21.1. The van der Waals surface area contributed by atoms with E-state index in [1.807, 2.05) is 0 Å². The van der Waals surface area contributed by atoms with Crippen LogP contribution < -0.4 is 5.73 Å². The van der Waals surface area contributed by atoms with Gasteiger partial charge in [-0.25, -0.2) is 8.78 Å². The Kier molecular flexibility index (Phi) is 5.48. The molecule has 0 aromatic carbocycles. The average Bonchev–Trinajstić information content (AvgIpc) is 2.64. The summed E-state index contributed by atoms with van der Waals surface area (Å²) in [5.41, 5.74) is 5.29. The van der Waals surface area contributed by atoms with E-state index >= 15 is 0 Å². The molecule has 0 bridgehead atoms. The fraction of sp³-hybridized carbons (Fsp3) is 0.875. The van der Waals surface area contributed by atoms with E-state index in [9.17, 15) is 22.4 Å². The zero-order valence-corrected chi connectivity index (χ0v) is 9.15. The molecule has 1 aliphatic heterocycles. The van der Waals surface area contributed by atoms with Gasteiger partial charge in [0.2, 0.25) is 0 Å². The third-order valence-corrected chi connectivity index (χ3v) is 2.47. The first kappa shape index (κ1) is 15.4. The number of alkyl halides is 4. The van der Waals surface area contributed by atoms with Crippen molar-refractivity contribution in [3.8, 4) is 0 Å². The Labute approximate surface area is 96.4 Å². The van der Waals surface area contributed by atoms with Gasteiger partial charge in [-0.3, -0.25) is 4.79 Å². The van der Waals surface area contributed by atoms with Crippen LogP contribution in [0.15, 0.2) is 0 Å². The molecule has 1 atom stereocenters. The Bertz CT molecular complexity index is 252. The second-order valence-corrected chi connectivity index (χ2v) is 3.57. The molecule has 1 saturated heterocycles. The second-order valence-electron chi connectivity index (χ2n) is 3.57.